The van der Waals surface area contributed by atoms with Crippen LogP contribution in [0, 0.1) is 4.77 Å². The van der Waals surface area contributed by atoms with Gasteiger partial charge in [-0.15, -0.1) is 0 Å². The number of benzene rings is 2. The Morgan fingerprint density at radius 2 is 1.95 bits per heavy atom. The molecule has 1 N–H and O–H groups in total. The van der Waals surface area contributed by atoms with Crippen LogP contribution < -0.4 is 0 Å². The van der Waals surface area contributed by atoms with Crippen molar-refractivity contribution in [2.75, 3.05) is 0 Å². The summed E-state index contributed by atoms with van der Waals surface area (Å²) in [6, 6.07) is 17.2. The van der Waals surface area contributed by atoms with Crippen molar-refractivity contribution in [3.63, 3.8) is 0 Å². The van der Waals surface area contributed by atoms with Gasteiger partial charge >= 0.3 is 0 Å². The van der Waals surface area contributed by atoms with Crippen molar-refractivity contribution in [1.29, 1.82) is 0 Å². The van der Waals surface area contributed by atoms with E-state index in [4.69, 9.17) is 23.8 Å². The first kappa shape index (κ1) is 13.7. The summed E-state index contributed by atoms with van der Waals surface area (Å²) < 4.78 is 2.03. The van der Waals surface area contributed by atoms with Crippen LogP contribution in [0.2, 0.25) is 5.02 Å². The first-order chi connectivity index (χ1) is 10.2. The van der Waals surface area contributed by atoms with E-state index in [9.17, 15) is 0 Å². The minimum absolute atomic E-state index is 0.437. The number of halogens is 1. The lowest BCUT2D eigenvalue weighted by molar-refractivity contribution is 0.871. The molecule has 0 aliphatic heterocycles. The molecule has 0 aliphatic rings. The molecule has 1 heterocycles. The molecule has 0 saturated heterocycles. The smallest absolute Gasteiger partial charge is 0.216 e. The van der Waals surface area contributed by atoms with E-state index in [1.165, 1.54) is 0 Å². The third-order valence-electron chi connectivity index (χ3n) is 2.85. The Labute approximate surface area is 131 Å². The van der Waals surface area contributed by atoms with Gasteiger partial charge in [0, 0.05) is 10.6 Å². The van der Waals surface area contributed by atoms with E-state index < -0.39 is 0 Å². The predicted octanol–water partition coefficient (Wildman–Crippen LogP) is 4.14. The minimum Gasteiger partial charge on any atom is -0.250 e. The van der Waals surface area contributed by atoms with Crippen molar-refractivity contribution in [3.8, 4) is 11.4 Å². The molecule has 6 heteroatoms. The standard InChI is InChI=1S/C15H11ClN4S/c16-13-8-4-5-11(9-13)10-17-20-14(18-19-15(20)21)12-6-2-1-3-7-12/h1-10H,(H,19,21)/b17-10-. The molecule has 0 fully saturated rings. The van der Waals surface area contributed by atoms with E-state index in [1.54, 1.807) is 10.9 Å². The first-order valence-electron chi connectivity index (χ1n) is 6.27. The Balaban J connectivity index is 2.00. The van der Waals surface area contributed by atoms with Crippen molar-refractivity contribution in [2.24, 2.45) is 5.10 Å². The second kappa shape index (κ2) is 6.03. The highest BCUT2D eigenvalue weighted by atomic mass is 35.5. The van der Waals surface area contributed by atoms with Crippen LogP contribution in [0.25, 0.3) is 11.4 Å². The van der Waals surface area contributed by atoms with Gasteiger partial charge in [-0.2, -0.15) is 14.9 Å². The maximum atomic E-state index is 5.96. The lowest BCUT2D eigenvalue weighted by Gasteiger charge is -2.00. The van der Waals surface area contributed by atoms with Gasteiger partial charge in [-0.3, -0.25) is 0 Å². The first-order valence-corrected chi connectivity index (χ1v) is 7.05. The van der Waals surface area contributed by atoms with Crippen molar-refractivity contribution in [1.82, 2.24) is 14.9 Å². The highest BCUT2D eigenvalue weighted by Gasteiger charge is 2.06. The van der Waals surface area contributed by atoms with Gasteiger partial charge in [0.15, 0.2) is 5.82 Å². The maximum Gasteiger partial charge on any atom is 0.216 e. The molecule has 0 atom stereocenters. The molecule has 2 aromatic carbocycles. The van der Waals surface area contributed by atoms with Crippen molar-refractivity contribution < 1.29 is 0 Å². The fraction of sp³-hybridized carbons (Fsp3) is 0. The van der Waals surface area contributed by atoms with Crippen molar-refractivity contribution in [3.05, 3.63) is 70.0 Å². The predicted molar refractivity (Wildman–Crippen MR) is 87.3 cm³/mol. The van der Waals surface area contributed by atoms with Crippen molar-refractivity contribution in [2.45, 2.75) is 0 Å². The largest absolute Gasteiger partial charge is 0.250 e. The molecule has 3 rings (SSSR count). The molecular weight excluding hydrogens is 304 g/mol. The monoisotopic (exact) mass is 314 g/mol. The van der Waals surface area contributed by atoms with E-state index in [-0.39, 0.29) is 0 Å². The number of hydrogen-bond donors (Lipinski definition) is 1. The van der Waals surface area contributed by atoms with E-state index in [0.717, 1.165) is 11.1 Å². The zero-order valence-electron chi connectivity index (χ0n) is 10.9. The fourth-order valence-corrected chi connectivity index (χ4v) is 2.26. The number of H-pyrrole nitrogens is 1. The zero-order valence-corrected chi connectivity index (χ0v) is 12.5. The lowest BCUT2D eigenvalue weighted by Crippen LogP contribution is -1.94. The summed E-state index contributed by atoms with van der Waals surface area (Å²) >= 11 is 11.2. The number of aromatic amines is 1. The Hall–Kier alpha value is -2.24. The van der Waals surface area contributed by atoms with Gasteiger partial charge in [0.2, 0.25) is 4.77 Å². The lowest BCUT2D eigenvalue weighted by atomic mass is 10.2. The highest BCUT2D eigenvalue weighted by molar-refractivity contribution is 7.71. The third-order valence-corrected chi connectivity index (χ3v) is 3.35. The Morgan fingerprint density at radius 3 is 2.71 bits per heavy atom. The van der Waals surface area contributed by atoms with Crippen LogP contribution in [0.1, 0.15) is 5.56 Å². The van der Waals surface area contributed by atoms with Gasteiger partial charge in [0.25, 0.3) is 0 Å². The SMILES string of the molecule is S=c1[nH]nc(-c2ccccc2)n1/N=C\c1cccc(Cl)c1. The highest BCUT2D eigenvalue weighted by Crippen LogP contribution is 2.16. The molecule has 0 aliphatic carbocycles. The summed E-state index contributed by atoms with van der Waals surface area (Å²) in [5.41, 5.74) is 1.83. The second-order valence-electron chi connectivity index (χ2n) is 4.33. The Kier molecular flexibility index (Phi) is 3.94. The summed E-state index contributed by atoms with van der Waals surface area (Å²) in [5.74, 6) is 0.666. The van der Waals surface area contributed by atoms with Gasteiger partial charge < -0.3 is 0 Å². The third kappa shape index (κ3) is 3.09. The number of aromatic nitrogens is 3. The molecule has 0 spiro atoms. The molecule has 21 heavy (non-hydrogen) atoms. The zero-order chi connectivity index (χ0) is 14.7. The van der Waals surface area contributed by atoms with E-state index in [2.05, 4.69) is 15.3 Å². The molecule has 104 valence electrons. The molecule has 0 amide bonds. The molecule has 0 saturated carbocycles. The van der Waals surface area contributed by atoms with Gasteiger partial charge in [0.05, 0.1) is 6.21 Å². The molecule has 0 unspecified atom stereocenters. The quantitative estimate of drug-likeness (QED) is 0.583. The van der Waals surface area contributed by atoms with Crippen LogP contribution in [-0.2, 0) is 0 Å². The van der Waals surface area contributed by atoms with Crippen LogP contribution >= 0.6 is 23.8 Å². The van der Waals surface area contributed by atoms with E-state index in [1.807, 2.05) is 54.6 Å². The van der Waals surface area contributed by atoms with Gasteiger partial charge in [-0.05, 0) is 29.9 Å². The van der Waals surface area contributed by atoms with Crippen LogP contribution in [0.5, 0.6) is 0 Å². The van der Waals surface area contributed by atoms with Gasteiger partial charge in [-0.1, -0.05) is 54.1 Å². The van der Waals surface area contributed by atoms with Gasteiger partial charge in [0.1, 0.15) is 0 Å². The molecule has 3 aromatic rings. The summed E-state index contributed by atoms with van der Waals surface area (Å²) in [6.45, 7) is 0. The number of nitrogens with one attached hydrogen (secondary N) is 1. The minimum atomic E-state index is 0.437. The van der Waals surface area contributed by atoms with Gasteiger partial charge in [-0.25, -0.2) is 5.10 Å². The molecule has 1 aromatic heterocycles. The van der Waals surface area contributed by atoms with E-state index >= 15 is 0 Å². The Morgan fingerprint density at radius 1 is 1.14 bits per heavy atom. The number of rotatable bonds is 3. The fourth-order valence-electron chi connectivity index (χ4n) is 1.88. The van der Waals surface area contributed by atoms with Crippen molar-refractivity contribution >= 4 is 30.0 Å². The van der Waals surface area contributed by atoms with Crippen LogP contribution in [0.4, 0.5) is 0 Å². The summed E-state index contributed by atoms with van der Waals surface area (Å²) in [5, 5.41) is 12.0. The number of hydrogen-bond acceptors (Lipinski definition) is 3. The molecule has 0 radical (unpaired) electrons. The summed E-state index contributed by atoms with van der Waals surface area (Å²) in [7, 11) is 0. The normalized spacial score (nSPS) is 11.1. The Bertz CT molecular complexity index is 836. The summed E-state index contributed by atoms with van der Waals surface area (Å²) in [6.07, 6.45) is 1.70. The topological polar surface area (TPSA) is 46.0 Å². The second-order valence-corrected chi connectivity index (χ2v) is 5.15. The molecular formula is C15H11ClN4S. The van der Waals surface area contributed by atoms with Crippen LogP contribution in [-0.4, -0.2) is 21.1 Å². The average Bonchev–Trinajstić information content (AvgIpc) is 2.87. The summed E-state index contributed by atoms with van der Waals surface area (Å²) in [4.78, 5) is 0. The molecule has 4 nitrogen and oxygen atoms in total. The molecule has 0 bridgehead atoms. The van der Waals surface area contributed by atoms with E-state index in [0.29, 0.717) is 15.6 Å². The van der Waals surface area contributed by atoms with Crippen LogP contribution in [0.3, 0.4) is 0 Å². The average molecular weight is 315 g/mol. The van der Waals surface area contributed by atoms with Crippen LogP contribution in [0.15, 0.2) is 59.7 Å². The number of nitrogens with zero attached hydrogens (tertiary/aromatic N) is 3. The maximum absolute atomic E-state index is 5.96.